The van der Waals surface area contributed by atoms with Gasteiger partial charge in [-0.25, -0.2) is 4.39 Å². The number of hydrogen-bond acceptors (Lipinski definition) is 1. The van der Waals surface area contributed by atoms with Crippen LogP contribution >= 0.6 is 27.5 Å². The maximum atomic E-state index is 14.3. The predicted octanol–water partition coefficient (Wildman–Crippen LogP) is 5.33. The molecule has 0 unspecified atom stereocenters. The molecule has 3 rings (SSSR count). The summed E-state index contributed by atoms with van der Waals surface area (Å²) >= 11 is 9.17. The van der Waals surface area contributed by atoms with Crippen LogP contribution < -0.4 is 0 Å². The average Bonchev–Trinajstić information content (AvgIpc) is 2.41. The van der Waals surface area contributed by atoms with E-state index >= 15 is 0 Å². The van der Waals surface area contributed by atoms with E-state index in [9.17, 15) is 9.50 Å². The van der Waals surface area contributed by atoms with Gasteiger partial charge in [-0.2, -0.15) is 0 Å². The molecule has 0 aromatic heterocycles. The quantitative estimate of drug-likeness (QED) is 0.735. The van der Waals surface area contributed by atoms with Crippen molar-refractivity contribution in [2.24, 2.45) is 0 Å². The molecule has 0 fully saturated rings. The van der Waals surface area contributed by atoms with Crippen LogP contribution in [0.4, 0.5) is 4.39 Å². The first-order valence-electron chi connectivity index (χ1n) is 6.24. The molecule has 20 heavy (non-hydrogen) atoms. The Balaban J connectivity index is 2.23. The Morgan fingerprint density at radius 3 is 2.85 bits per heavy atom. The number of phenols is 1. The van der Waals surface area contributed by atoms with Crippen LogP contribution in [0.5, 0.6) is 5.75 Å². The Morgan fingerprint density at radius 2 is 2.05 bits per heavy atom. The van der Waals surface area contributed by atoms with Crippen molar-refractivity contribution in [3.05, 3.63) is 68.4 Å². The minimum absolute atomic E-state index is 0.0952. The zero-order chi connectivity index (χ0) is 14.3. The summed E-state index contributed by atoms with van der Waals surface area (Å²) in [6, 6.07) is 8.49. The van der Waals surface area contributed by atoms with Crippen LogP contribution in [0.25, 0.3) is 5.57 Å². The number of aryl methyl sites for hydroxylation is 1. The molecule has 2 aromatic rings. The van der Waals surface area contributed by atoms with Crippen LogP contribution in [-0.2, 0) is 6.42 Å². The van der Waals surface area contributed by atoms with Crippen molar-refractivity contribution in [3.63, 3.8) is 0 Å². The van der Waals surface area contributed by atoms with E-state index in [0.717, 1.165) is 24.0 Å². The average molecular weight is 354 g/mol. The lowest BCUT2D eigenvalue weighted by Crippen LogP contribution is -2.03. The van der Waals surface area contributed by atoms with Crippen molar-refractivity contribution in [1.29, 1.82) is 0 Å². The highest BCUT2D eigenvalue weighted by atomic mass is 79.9. The summed E-state index contributed by atoms with van der Waals surface area (Å²) in [6.07, 6.45) is 3.55. The van der Waals surface area contributed by atoms with Gasteiger partial charge in [-0.15, -0.1) is 0 Å². The van der Waals surface area contributed by atoms with E-state index < -0.39 is 0 Å². The first-order valence-corrected chi connectivity index (χ1v) is 7.41. The molecular formula is C16H11BrClFO. The summed E-state index contributed by atoms with van der Waals surface area (Å²) < 4.78 is 14.7. The van der Waals surface area contributed by atoms with Gasteiger partial charge in [-0.05, 0) is 58.1 Å². The van der Waals surface area contributed by atoms with Crippen molar-refractivity contribution in [1.82, 2.24) is 0 Å². The standard InChI is InChI=1S/C16H11BrClFO/c17-13-6-2-5-12(16(13)19)11-4-1-3-9-7-10(18)8-14(20)15(9)11/h2,4-8,20H,1,3H2. The van der Waals surface area contributed by atoms with Crippen molar-refractivity contribution >= 4 is 33.1 Å². The third kappa shape index (κ3) is 2.25. The summed E-state index contributed by atoms with van der Waals surface area (Å²) in [5.41, 5.74) is 2.83. The lowest BCUT2D eigenvalue weighted by Gasteiger charge is -2.20. The van der Waals surface area contributed by atoms with E-state index in [2.05, 4.69) is 15.9 Å². The molecule has 0 atom stereocenters. The Bertz CT molecular complexity index is 725. The Hall–Kier alpha value is -1.32. The minimum Gasteiger partial charge on any atom is -0.507 e. The summed E-state index contributed by atoms with van der Waals surface area (Å²) in [6.45, 7) is 0. The first kappa shape index (κ1) is 13.7. The highest BCUT2D eigenvalue weighted by molar-refractivity contribution is 9.10. The Labute approximate surface area is 129 Å². The molecule has 0 spiro atoms. The van der Waals surface area contributed by atoms with Gasteiger partial charge < -0.3 is 5.11 Å². The lowest BCUT2D eigenvalue weighted by molar-refractivity contribution is 0.472. The molecule has 2 aromatic carbocycles. The highest BCUT2D eigenvalue weighted by Crippen LogP contribution is 2.40. The number of halogens is 3. The summed E-state index contributed by atoms with van der Waals surface area (Å²) in [4.78, 5) is 0. The molecule has 1 aliphatic carbocycles. The minimum atomic E-state index is -0.319. The molecule has 102 valence electrons. The van der Waals surface area contributed by atoms with Gasteiger partial charge in [-0.3, -0.25) is 0 Å². The normalized spacial score (nSPS) is 13.8. The van der Waals surface area contributed by atoms with Crippen molar-refractivity contribution in [2.75, 3.05) is 0 Å². The number of fused-ring (bicyclic) bond motifs is 1. The number of rotatable bonds is 1. The molecule has 1 N–H and O–H groups in total. The van der Waals surface area contributed by atoms with E-state index in [1.165, 1.54) is 6.07 Å². The van der Waals surface area contributed by atoms with Crippen molar-refractivity contribution in [3.8, 4) is 5.75 Å². The maximum absolute atomic E-state index is 14.3. The lowest BCUT2D eigenvalue weighted by atomic mass is 9.86. The van der Waals surface area contributed by atoms with Gasteiger partial charge in [-0.1, -0.05) is 29.8 Å². The largest absolute Gasteiger partial charge is 0.507 e. The van der Waals surface area contributed by atoms with Gasteiger partial charge in [0.2, 0.25) is 0 Å². The van der Waals surface area contributed by atoms with Gasteiger partial charge in [0, 0.05) is 16.1 Å². The maximum Gasteiger partial charge on any atom is 0.145 e. The monoisotopic (exact) mass is 352 g/mol. The van der Waals surface area contributed by atoms with E-state index in [0.29, 0.717) is 20.6 Å². The number of allylic oxidation sites excluding steroid dienone is 1. The molecule has 0 saturated heterocycles. The molecule has 0 heterocycles. The fraction of sp³-hybridized carbons (Fsp3) is 0.125. The van der Waals surface area contributed by atoms with Crippen LogP contribution in [0.1, 0.15) is 23.1 Å². The van der Waals surface area contributed by atoms with E-state index in [1.54, 1.807) is 18.2 Å². The van der Waals surface area contributed by atoms with Gasteiger partial charge in [0.25, 0.3) is 0 Å². The highest BCUT2D eigenvalue weighted by Gasteiger charge is 2.21. The molecule has 0 amide bonds. The van der Waals surface area contributed by atoms with Crippen LogP contribution in [0.15, 0.2) is 40.9 Å². The van der Waals surface area contributed by atoms with Gasteiger partial charge >= 0.3 is 0 Å². The molecule has 0 radical (unpaired) electrons. The SMILES string of the molecule is Oc1cc(Cl)cc2c1C(c1cccc(Br)c1F)=CCC2. The molecule has 4 heteroatoms. The number of benzene rings is 2. The zero-order valence-electron chi connectivity index (χ0n) is 10.5. The third-order valence-corrected chi connectivity index (χ3v) is 4.27. The van der Waals surface area contributed by atoms with Crippen molar-refractivity contribution in [2.45, 2.75) is 12.8 Å². The van der Waals surface area contributed by atoms with E-state index in [-0.39, 0.29) is 11.6 Å². The summed E-state index contributed by atoms with van der Waals surface area (Å²) in [5, 5.41) is 10.7. The summed E-state index contributed by atoms with van der Waals surface area (Å²) in [5.74, 6) is -0.223. The molecule has 1 nitrogen and oxygen atoms in total. The van der Waals surface area contributed by atoms with Crippen LogP contribution in [0.3, 0.4) is 0 Å². The summed E-state index contributed by atoms with van der Waals surface area (Å²) in [7, 11) is 0. The van der Waals surface area contributed by atoms with Gasteiger partial charge in [0.15, 0.2) is 0 Å². The fourth-order valence-electron chi connectivity index (χ4n) is 2.59. The van der Waals surface area contributed by atoms with E-state index in [1.807, 2.05) is 12.1 Å². The second-order valence-electron chi connectivity index (χ2n) is 4.72. The second kappa shape index (κ2) is 5.23. The van der Waals surface area contributed by atoms with E-state index in [4.69, 9.17) is 11.6 Å². The Kier molecular flexibility index (Phi) is 3.57. The van der Waals surface area contributed by atoms with Crippen molar-refractivity contribution < 1.29 is 9.50 Å². The van der Waals surface area contributed by atoms with Crippen LogP contribution in [0.2, 0.25) is 5.02 Å². The number of hydrogen-bond donors (Lipinski definition) is 1. The smallest absolute Gasteiger partial charge is 0.145 e. The molecule has 0 aliphatic heterocycles. The Morgan fingerprint density at radius 1 is 1.25 bits per heavy atom. The van der Waals surface area contributed by atoms with Crippen LogP contribution in [0, 0.1) is 5.82 Å². The molecule has 0 bridgehead atoms. The van der Waals surface area contributed by atoms with Gasteiger partial charge in [0.1, 0.15) is 11.6 Å². The second-order valence-corrected chi connectivity index (χ2v) is 6.01. The predicted molar refractivity (Wildman–Crippen MR) is 82.6 cm³/mol. The number of phenolic OH excluding ortho intramolecular Hbond substituents is 1. The third-order valence-electron chi connectivity index (χ3n) is 3.44. The zero-order valence-corrected chi connectivity index (χ0v) is 12.8. The van der Waals surface area contributed by atoms with Crippen LogP contribution in [-0.4, -0.2) is 5.11 Å². The number of aromatic hydroxyl groups is 1. The molecular weight excluding hydrogens is 343 g/mol. The first-order chi connectivity index (χ1) is 9.58. The fourth-order valence-corrected chi connectivity index (χ4v) is 3.19. The molecule has 0 saturated carbocycles. The van der Waals surface area contributed by atoms with Gasteiger partial charge in [0.05, 0.1) is 4.47 Å². The topological polar surface area (TPSA) is 20.2 Å². The molecule has 1 aliphatic rings.